The van der Waals surface area contributed by atoms with Crippen molar-refractivity contribution in [3.63, 3.8) is 0 Å². The quantitative estimate of drug-likeness (QED) is 0.166. The molecule has 1 aliphatic rings. The van der Waals surface area contributed by atoms with Gasteiger partial charge in [-0.3, -0.25) is 13.9 Å². The summed E-state index contributed by atoms with van der Waals surface area (Å²) in [5.41, 5.74) is 2.55. The monoisotopic (exact) mass is 691 g/mol. The van der Waals surface area contributed by atoms with Crippen LogP contribution in [0.15, 0.2) is 108 Å². The number of anilines is 1. The van der Waals surface area contributed by atoms with Gasteiger partial charge in [-0.2, -0.15) is 0 Å². The lowest BCUT2D eigenvalue weighted by Gasteiger charge is -2.35. The van der Waals surface area contributed by atoms with Gasteiger partial charge in [0.2, 0.25) is 11.8 Å². The molecule has 0 aromatic heterocycles. The predicted molar refractivity (Wildman–Crippen MR) is 188 cm³/mol. The van der Waals surface area contributed by atoms with Crippen LogP contribution in [0.2, 0.25) is 10.0 Å². The van der Waals surface area contributed by atoms with Crippen LogP contribution in [0, 0.1) is 6.92 Å². The Morgan fingerprint density at radius 3 is 2.02 bits per heavy atom. The van der Waals surface area contributed by atoms with Crippen LogP contribution in [-0.4, -0.2) is 43.8 Å². The van der Waals surface area contributed by atoms with E-state index in [1.165, 1.54) is 17.0 Å². The van der Waals surface area contributed by atoms with Gasteiger partial charge in [0.25, 0.3) is 10.0 Å². The number of benzene rings is 4. The second-order valence-electron chi connectivity index (χ2n) is 11.9. The van der Waals surface area contributed by atoms with Crippen LogP contribution in [-0.2, 0) is 32.6 Å². The Morgan fingerprint density at radius 2 is 1.40 bits per heavy atom. The molecule has 10 heteroatoms. The number of hydrogen-bond acceptors (Lipinski definition) is 4. The molecule has 2 amide bonds. The highest BCUT2D eigenvalue weighted by atomic mass is 35.5. The van der Waals surface area contributed by atoms with E-state index in [-0.39, 0.29) is 29.8 Å². The lowest BCUT2D eigenvalue weighted by Crippen LogP contribution is -2.55. The van der Waals surface area contributed by atoms with Crippen LogP contribution in [0.1, 0.15) is 48.8 Å². The summed E-state index contributed by atoms with van der Waals surface area (Å²) in [4.78, 5) is 30.4. The Kier molecular flexibility index (Phi) is 11.6. The van der Waals surface area contributed by atoms with Crippen LogP contribution >= 0.6 is 23.2 Å². The molecule has 0 unspecified atom stereocenters. The molecule has 1 saturated carbocycles. The molecule has 1 aliphatic carbocycles. The first-order valence-corrected chi connectivity index (χ1v) is 18.0. The molecule has 1 atom stereocenters. The van der Waals surface area contributed by atoms with Crippen molar-refractivity contribution in [1.29, 1.82) is 0 Å². The number of hydrogen-bond donors (Lipinski definition) is 1. The molecule has 1 fully saturated rings. The molecule has 4 aromatic rings. The topological polar surface area (TPSA) is 86.8 Å². The van der Waals surface area contributed by atoms with Crippen molar-refractivity contribution in [1.82, 2.24) is 10.2 Å². The van der Waals surface area contributed by atoms with Crippen molar-refractivity contribution in [2.75, 3.05) is 10.8 Å². The molecule has 0 spiro atoms. The van der Waals surface area contributed by atoms with Crippen molar-refractivity contribution in [3.8, 4) is 0 Å². The minimum absolute atomic E-state index is 0.00175. The maximum Gasteiger partial charge on any atom is 0.264 e. The highest BCUT2D eigenvalue weighted by Crippen LogP contribution is 2.29. The van der Waals surface area contributed by atoms with Gasteiger partial charge in [-0.1, -0.05) is 115 Å². The summed E-state index contributed by atoms with van der Waals surface area (Å²) in [6.07, 6.45) is 5.11. The number of carbonyl (C=O) groups is 2. The van der Waals surface area contributed by atoms with E-state index in [0.717, 1.165) is 47.5 Å². The van der Waals surface area contributed by atoms with Gasteiger partial charge in [0, 0.05) is 34.6 Å². The van der Waals surface area contributed by atoms with Crippen LogP contribution in [0.5, 0.6) is 0 Å². The standard InChI is InChI=1S/C37H39Cl2N3O4S/c1-27-20-22-31(23-21-27)47(45,46)42(30-16-9-4-10-17-30)26-36(43)41(25-32-33(38)18-11-19-34(32)39)35(24-28-12-5-2-6-13-28)37(44)40-29-14-7-3-8-15-29/h2,4-6,9-13,16-23,29,35H,3,7-8,14-15,24-26H2,1H3,(H,40,44)/t35-/m1/s1. The molecule has 4 aromatic carbocycles. The maximum absolute atomic E-state index is 14.7. The summed E-state index contributed by atoms with van der Waals surface area (Å²) < 4.78 is 29.4. The minimum atomic E-state index is -4.18. The smallest absolute Gasteiger partial charge is 0.264 e. The number of nitrogens with zero attached hydrogens (tertiary/aromatic N) is 2. The maximum atomic E-state index is 14.7. The van der Waals surface area contributed by atoms with E-state index in [9.17, 15) is 18.0 Å². The minimum Gasteiger partial charge on any atom is -0.352 e. The molecular weight excluding hydrogens is 653 g/mol. The van der Waals surface area contributed by atoms with E-state index < -0.39 is 28.5 Å². The van der Waals surface area contributed by atoms with Crippen molar-refractivity contribution in [2.24, 2.45) is 0 Å². The van der Waals surface area contributed by atoms with E-state index in [1.807, 2.05) is 37.3 Å². The zero-order valence-corrected chi connectivity index (χ0v) is 28.6. The number of rotatable bonds is 12. The molecule has 5 rings (SSSR count). The fourth-order valence-corrected chi connectivity index (χ4v) is 7.84. The average molecular weight is 693 g/mol. The number of aryl methyl sites for hydroxylation is 1. The first-order valence-electron chi connectivity index (χ1n) is 15.8. The van der Waals surface area contributed by atoms with Crippen LogP contribution < -0.4 is 9.62 Å². The number of carbonyl (C=O) groups excluding carboxylic acids is 2. The van der Waals surface area contributed by atoms with E-state index in [1.54, 1.807) is 60.7 Å². The van der Waals surface area contributed by atoms with Crippen LogP contribution in [0.25, 0.3) is 0 Å². The van der Waals surface area contributed by atoms with Gasteiger partial charge in [0.15, 0.2) is 0 Å². The third-order valence-corrected chi connectivity index (χ3v) is 11.0. The fraction of sp³-hybridized carbons (Fsp3) is 0.297. The Morgan fingerprint density at radius 1 is 0.809 bits per heavy atom. The summed E-state index contributed by atoms with van der Waals surface area (Å²) in [6, 6.07) is 28.6. The van der Waals surface area contributed by atoms with Gasteiger partial charge in [0.05, 0.1) is 10.6 Å². The molecule has 0 bridgehead atoms. The Hall–Kier alpha value is -3.85. The zero-order valence-electron chi connectivity index (χ0n) is 26.3. The van der Waals surface area contributed by atoms with Gasteiger partial charge >= 0.3 is 0 Å². The summed E-state index contributed by atoms with van der Waals surface area (Å²) in [5.74, 6) is -0.870. The molecule has 0 saturated heterocycles. The van der Waals surface area contributed by atoms with Gasteiger partial charge < -0.3 is 10.2 Å². The van der Waals surface area contributed by atoms with Gasteiger partial charge in [-0.25, -0.2) is 8.42 Å². The second kappa shape index (κ2) is 15.8. The normalized spacial score (nSPS) is 14.3. The summed E-state index contributed by atoms with van der Waals surface area (Å²) in [5, 5.41) is 3.89. The Balaban J connectivity index is 1.58. The number of halogens is 2. The first-order chi connectivity index (χ1) is 22.6. The highest BCUT2D eigenvalue weighted by molar-refractivity contribution is 7.92. The average Bonchev–Trinajstić information content (AvgIpc) is 3.07. The first kappa shape index (κ1) is 34.5. The third kappa shape index (κ3) is 8.74. The third-order valence-electron chi connectivity index (χ3n) is 8.54. The summed E-state index contributed by atoms with van der Waals surface area (Å²) >= 11 is 13.2. The predicted octanol–water partition coefficient (Wildman–Crippen LogP) is 7.59. The van der Waals surface area contributed by atoms with Gasteiger partial charge in [0.1, 0.15) is 12.6 Å². The molecule has 47 heavy (non-hydrogen) atoms. The SMILES string of the molecule is Cc1ccc(S(=O)(=O)N(CC(=O)N(Cc2c(Cl)cccc2Cl)[C@H](Cc2ccccc2)C(=O)NC2CCCCC2)c2ccccc2)cc1. The van der Waals surface area contributed by atoms with Crippen molar-refractivity contribution in [3.05, 3.63) is 130 Å². The highest BCUT2D eigenvalue weighted by Gasteiger charge is 2.36. The molecule has 0 aliphatic heterocycles. The van der Waals surface area contributed by atoms with Gasteiger partial charge in [-0.05, 0) is 61.7 Å². The summed E-state index contributed by atoms with van der Waals surface area (Å²) in [7, 11) is -4.18. The molecule has 0 heterocycles. The van der Waals surface area contributed by atoms with Crippen molar-refractivity contribution in [2.45, 2.75) is 69.0 Å². The van der Waals surface area contributed by atoms with E-state index in [2.05, 4.69) is 5.32 Å². The molecular formula is C37H39Cl2N3O4S. The van der Waals surface area contributed by atoms with Crippen molar-refractivity contribution < 1.29 is 18.0 Å². The van der Waals surface area contributed by atoms with Crippen molar-refractivity contribution >= 4 is 50.7 Å². The lowest BCUT2D eigenvalue weighted by atomic mass is 9.94. The molecule has 246 valence electrons. The van der Waals surface area contributed by atoms with E-state index >= 15 is 0 Å². The Labute approximate surface area is 287 Å². The van der Waals surface area contributed by atoms with Crippen LogP contribution in [0.4, 0.5) is 5.69 Å². The largest absolute Gasteiger partial charge is 0.352 e. The fourth-order valence-electron chi connectivity index (χ4n) is 5.91. The molecule has 0 radical (unpaired) electrons. The van der Waals surface area contributed by atoms with E-state index in [0.29, 0.717) is 21.3 Å². The number of nitrogens with one attached hydrogen (secondary N) is 1. The van der Waals surface area contributed by atoms with E-state index in [4.69, 9.17) is 23.2 Å². The Bertz CT molecular complexity index is 1740. The number of para-hydroxylation sites is 1. The second-order valence-corrected chi connectivity index (χ2v) is 14.6. The lowest BCUT2D eigenvalue weighted by molar-refractivity contribution is -0.140. The van der Waals surface area contributed by atoms with Gasteiger partial charge in [-0.15, -0.1) is 0 Å². The summed E-state index contributed by atoms with van der Waals surface area (Å²) in [6.45, 7) is 1.22. The van der Waals surface area contributed by atoms with Crippen LogP contribution in [0.3, 0.4) is 0 Å². The number of sulfonamides is 1. The zero-order chi connectivity index (χ0) is 33.4. The molecule has 7 nitrogen and oxygen atoms in total. The molecule has 1 N–H and O–H groups in total. The number of amides is 2.